The van der Waals surface area contributed by atoms with Gasteiger partial charge in [-0.15, -0.1) is 11.3 Å². The average molecular weight is 314 g/mol. The third kappa shape index (κ3) is 2.42. The number of nitrogens with zero attached hydrogens (tertiary/aromatic N) is 4. The first kappa shape index (κ1) is 14.2. The van der Waals surface area contributed by atoms with E-state index in [1.165, 1.54) is 34.8 Å². The SMILES string of the molecule is CCN1CCc2ncnc(N3CCC[C@@H]3c3cccs3)c2C1. The van der Waals surface area contributed by atoms with Crippen molar-refractivity contribution in [2.24, 2.45) is 0 Å². The van der Waals surface area contributed by atoms with E-state index in [4.69, 9.17) is 4.98 Å². The van der Waals surface area contributed by atoms with Crippen LogP contribution >= 0.6 is 11.3 Å². The highest BCUT2D eigenvalue weighted by molar-refractivity contribution is 7.10. The maximum atomic E-state index is 4.70. The first-order valence-corrected chi connectivity index (χ1v) is 9.10. The van der Waals surface area contributed by atoms with Gasteiger partial charge in [0.1, 0.15) is 12.1 Å². The number of anilines is 1. The fraction of sp³-hybridized carbons (Fsp3) is 0.529. The van der Waals surface area contributed by atoms with Gasteiger partial charge in [0.2, 0.25) is 0 Å². The molecule has 0 aromatic carbocycles. The van der Waals surface area contributed by atoms with Crippen LogP contribution in [-0.4, -0.2) is 34.5 Å². The first-order valence-electron chi connectivity index (χ1n) is 8.22. The molecule has 0 bridgehead atoms. The lowest BCUT2D eigenvalue weighted by molar-refractivity contribution is 0.265. The molecule has 0 aliphatic carbocycles. The molecule has 1 fully saturated rings. The van der Waals surface area contributed by atoms with E-state index in [2.05, 4.69) is 39.2 Å². The average Bonchev–Trinajstić information content (AvgIpc) is 3.24. The Labute approximate surface area is 135 Å². The lowest BCUT2D eigenvalue weighted by Crippen LogP contribution is -2.34. The maximum Gasteiger partial charge on any atom is 0.137 e. The van der Waals surface area contributed by atoms with Gasteiger partial charge in [-0.05, 0) is 30.8 Å². The second kappa shape index (κ2) is 5.97. The second-order valence-corrected chi connectivity index (χ2v) is 7.09. The van der Waals surface area contributed by atoms with Gasteiger partial charge in [-0.3, -0.25) is 4.90 Å². The van der Waals surface area contributed by atoms with Gasteiger partial charge in [0.05, 0.1) is 11.7 Å². The standard InChI is InChI=1S/C17H22N4S/c1-2-20-9-7-14-13(11-20)17(19-12-18-14)21-8-3-5-15(21)16-6-4-10-22-16/h4,6,10,12,15H,2-3,5,7-9,11H2,1H3/t15-/m1/s1. The van der Waals surface area contributed by atoms with Crippen molar-refractivity contribution >= 4 is 17.2 Å². The highest BCUT2D eigenvalue weighted by Crippen LogP contribution is 2.39. The van der Waals surface area contributed by atoms with Crippen LogP contribution in [0.15, 0.2) is 23.8 Å². The Morgan fingerprint density at radius 2 is 2.27 bits per heavy atom. The van der Waals surface area contributed by atoms with E-state index in [-0.39, 0.29) is 0 Å². The van der Waals surface area contributed by atoms with Crippen LogP contribution in [0.4, 0.5) is 5.82 Å². The van der Waals surface area contributed by atoms with Crippen molar-refractivity contribution in [1.29, 1.82) is 0 Å². The number of thiophene rings is 1. The van der Waals surface area contributed by atoms with Crippen LogP contribution < -0.4 is 4.90 Å². The predicted octanol–water partition coefficient (Wildman–Crippen LogP) is 3.26. The number of fused-ring (bicyclic) bond motifs is 1. The Bertz CT molecular complexity index is 640. The van der Waals surface area contributed by atoms with Crippen LogP contribution in [0, 0.1) is 0 Å². The molecule has 0 amide bonds. The molecule has 116 valence electrons. The molecular weight excluding hydrogens is 292 g/mol. The normalized spacial score (nSPS) is 22.0. The van der Waals surface area contributed by atoms with Crippen molar-refractivity contribution in [2.75, 3.05) is 24.5 Å². The van der Waals surface area contributed by atoms with Crippen LogP contribution in [0.5, 0.6) is 0 Å². The van der Waals surface area contributed by atoms with Gasteiger partial charge in [-0.25, -0.2) is 9.97 Å². The number of hydrogen-bond acceptors (Lipinski definition) is 5. The quantitative estimate of drug-likeness (QED) is 0.870. The maximum absolute atomic E-state index is 4.70. The smallest absolute Gasteiger partial charge is 0.137 e. The summed E-state index contributed by atoms with van der Waals surface area (Å²) in [5, 5.41) is 2.18. The highest BCUT2D eigenvalue weighted by atomic mass is 32.1. The fourth-order valence-corrected chi connectivity index (χ4v) is 4.57. The summed E-state index contributed by atoms with van der Waals surface area (Å²) in [7, 11) is 0. The zero-order valence-electron chi connectivity index (χ0n) is 13.0. The van der Waals surface area contributed by atoms with Crippen LogP contribution in [0.25, 0.3) is 0 Å². The molecule has 4 heterocycles. The molecule has 1 atom stereocenters. The molecular formula is C17H22N4S. The Kier molecular flexibility index (Phi) is 3.84. The van der Waals surface area contributed by atoms with Crippen molar-refractivity contribution in [3.05, 3.63) is 40.0 Å². The molecule has 4 nitrogen and oxygen atoms in total. The van der Waals surface area contributed by atoms with Gasteiger partial charge in [-0.1, -0.05) is 13.0 Å². The third-order valence-electron chi connectivity index (χ3n) is 4.90. The molecule has 4 rings (SSSR count). The van der Waals surface area contributed by atoms with E-state index < -0.39 is 0 Å². The summed E-state index contributed by atoms with van der Waals surface area (Å²) < 4.78 is 0. The molecule has 0 radical (unpaired) electrons. The lowest BCUT2D eigenvalue weighted by Gasteiger charge is -2.32. The molecule has 22 heavy (non-hydrogen) atoms. The minimum absolute atomic E-state index is 0.496. The van der Waals surface area contributed by atoms with Crippen molar-refractivity contribution in [1.82, 2.24) is 14.9 Å². The minimum atomic E-state index is 0.496. The van der Waals surface area contributed by atoms with Gasteiger partial charge in [0.15, 0.2) is 0 Å². The topological polar surface area (TPSA) is 32.3 Å². The summed E-state index contributed by atoms with van der Waals surface area (Å²) in [4.78, 5) is 15.7. The summed E-state index contributed by atoms with van der Waals surface area (Å²) in [6.45, 7) is 6.56. The zero-order valence-corrected chi connectivity index (χ0v) is 13.9. The molecule has 2 aromatic rings. The molecule has 0 spiro atoms. The minimum Gasteiger partial charge on any atom is -0.348 e. The number of hydrogen-bond donors (Lipinski definition) is 0. The zero-order chi connectivity index (χ0) is 14.9. The van der Waals surface area contributed by atoms with Crippen LogP contribution in [0.2, 0.25) is 0 Å². The van der Waals surface area contributed by atoms with Crippen molar-refractivity contribution in [3.8, 4) is 0 Å². The van der Waals surface area contributed by atoms with Crippen molar-refractivity contribution in [2.45, 2.75) is 38.8 Å². The van der Waals surface area contributed by atoms with Gasteiger partial charge in [0, 0.05) is 36.5 Å². The third-order valence-corrected chi connectivity index (χ3v) is 5.88. The lowest BCUT2D eigenvalue weighted by atomic mass is 10.1. The Morgan fingerprint density at radius 3 is 3.09 bits per heavy atom. The van der Waals surface area contributed by atoms with E-state index in [0.29, 0.717) is 6.04 Å². The summed E-state index contributed by atoms with van der Waals surface area (Å²) in [6, 6.07) is 4.92. The van der Waals surface area contributed by atoms with E-state index in [1.54, 1.807) is 6.33 Å². The Balaban J connectivity index is 1.70. The van der Waals surface area contributed by atoms with Crippen molar-refractivity contribution < 1.29 is 0 Å². The summed E-state index contributed by atoms with van der Waals surface area (Å²) >= 11 is 1.87. The van der Waals surface area contributed by atoms with Gasteiger partial charge < -0.3 is 4.90 Å². The fourth-order valence-electron chi connectivity index (χ4n) is 3.70. The molecule has 5 heteroatoms. The van der Waals surface area contributed by atoms with E-state index in [0.717, 1.165) is 32.6 Å². The number of rotatable bonds is 3. The monoisotopic (exact) mass is 314 g/mol. The highest BCUT2D eigenvalue weighted by Gasteiger charge is 2.31. The van der Waals surface area contributed by atoms with Crippen LogP contribution in [-0.2, 0) is 13.0 Å². The predicted molar refractivity (Wildman–Crippen MR) is 90.3 cm³/mol. The van der Waals surface area contributed by atoms with Crippen molar-refractivity contribution in [3.63, 3.8) is 0 Å². The molecule has 0 saturated carbocycles. The van der Waals surface area contributed by atoms with E-state index in [9.17, 15) is 0 Å². The summed E-state index contributed by atoms with van der Waals surface area (Å²) in [6.07, 6.45) is 5.30. The van der Waals surface area contributed by atoms with Gasteiger partial charge in [-0.2, -0.15) is 0 Å². The molecule has 2 aliphatic heterocycles. The van der Waals surface area contributed by atoms with E-state index >= 15 is 0 Å². The summed E-state index contributed by atoms with van der Waals surface area (Å²) in [5.41, 5.74) is 2.62. The second-order valence-electron chi connectivity index (χ2n) is 6.11. The Morgan fingerprint density at radius 1 is 1.32 bits per heavy atom. The first-order chi connectivity index (χ1) is 10.9. The number of likely N-dealkylation sites (N-methyl/N-ethyl adjacent to an activating group) is 1. The molecule has 2 aliphatic rings. The number of aromatic nitrogens is 2. The Hall–Kier alpha value is -1.46. The summed E-state index contributed by atoms with van der Waals surface area (Å²) in [5.74, 6) is 1.18. The van der Waals surface area contributed by atoms with E-state index in [1.807, 2.05) is 11.3 Å². The molecule has 2 aromatic heterocycles. The van der Waals surface area contributed by atoms with Gasteiger partial charge in [0.25, 0.3) is 0 Å². The molecule has 0 unspecified atom stereocenters. The van der Waals surface area contributed by atoms with Crippen LogP contribution in [0.3, 0.4) is 0 Å². The van der Waals surface area contributed by atoms with Crippen LogP contribution in [0.1, 0.15) is 41.9 Å². The molecule has 1 saturated heterocycles. The molecule has 0 N–H and O–H groups in total. The largest absolute Gasteiger partial charge is 0.348 e. The van der Waals surface area contributed by atoms with Gasteiger partial charge >= 0.3 is 0 Å².